The van der Waals surface area contributed by atoms with Gasteiger partial charge < -0.3 is 20.4 Å². The molecule has 0 aliphatic rings. The molecule has 168 valence electrons. The number of carboxylic acids is 1. The number of nitrogens with zero attached hydrogens (tertiary/aromatic N) is 3. The number of nitrogens with one attached hydrogen (secondary N) is 1. The Hall–Kier alpha value is -3.66. The van der Waals surface area contributed by atoms with Crippen molar-refractivity contribution < 1.29 is 28.6 Å². The van der Waals surface area contributed by atoms with Gasteiger partial charge in [0.2, 0.25) is 5.88 Å². The maximum Gasteiger partial charge on any atom is 0.305 e. The van der Waals surface area contributed by atoms with Crippen LogP contribution in [0.5, 0.6) is 5.88 Å². The van der Waals surface area contributed by atoms with Gasteiger partial charge in [0.1, 0.15) is 11.5 Å². The van der Waals surface area contributed by atoms with Gasteiger partial charge in [-0.2, -0.15) is 9.78 Å². The van der Waals surface area contributed by atoms with Crippen LogP contribution in [0.4, 0.5) is 14.5 Å². The van der Waals surface area contributed by atoms with Crippen molar-refractivity contribution in [3.63, 3.8) is 0 Å². The first-order chi connectivity index (χ1) is 15.1. The predicted molar refractivity (Wildman–Crippen MR) is 113 cm³/mol. The van der Waals surface area contributed by atoms with E-state index in [4.69, 9.17) is 11.6 Å². The van der Waals surface area contributed by atoms with Crippen LogP contribution in [0.2, 0.25) is 5.02 Å². The first kappa shape index (κ1) is 23.0. The van der Waals surface area contributed by atoms with Crippen LogP contribution in [0.3, 0.4) is 0 Å². The van der Waals surface area contributed by atoms with Crippen LogP contribution in [0.25, 0.3) is 5.69 Å². The van der Waals surface area contributed by atoms with Crippen molar-refractivity contribution >= 4 is 29.2 Å². The van der Waals surface area contributed by atoms with Gasteiger partial charge in [-0.05, 0) is 29.8 Å². The molecule has 0 aliphatic carbocycles. The molecular weight excluding hydrogens is 446 g/mol. The van der Waals surface area contributed by atoms with Crippen LogP contribution in [0.1, 0.15) is 28.5 Å². The Bertz CT molecular complexity index is 1180. The van der Waals surface area contributed by atoms with E-state index in [2.05, 4.69) is 10.4 Å². The number of aromatic hydroxyl groups is 1. The molecule has 32 heavy (non-hydrogen) atoms. The molecule has 1 aromatic heterocycles. The summed E-state index contributed by atoms with van der Waals surface area (Å²) in [5.74, 6) is -4.37. The number of carbonyl (C=O) groups excluding carboxylic acids is 1. The topological polar surface area (TPSA) is 108 Å². The number of carboxylic acid groups (broad SMARTS) is 1. The molecule has 11 heteroatoms. The number of carbonyl (C=O) groups is 2. The number of aromatic nitrogens is 2. The van der Waals surface area contributed by atoms with Gasteiger partial charge >= 0.3 is 5.97 Å². The first-order valence-electron chi connectivity index (χ1n) is 9.30. The quantitative estimate of drug-likeness (QED) is 0.494. The Balaban J connectivity index is 1.90. The van der Waals surface area contributed by atoms with Crippen LogP contribution in [0.15, 0.2) is 42.5 Å². The highest BCUT2D eigenvalue weighted by Crippen LogP contribution is 2.30. The summed E-state index contributed by atoms with van der Waals surface area (Å²) in [6.45, 7) is 0. The van der Waals surface area contributed by atoms with Crippen LogP contribution in [-0.2, 0) is 4.79 Å². The van der Waals surface area contributed by atoms with Crippen molar-refractivity contribution in [1.29, 1.82) is 0 Å². The van der Waals surface area contributed by atoms with E-state index >= 15 is 0 Å². The zero-order chi connectivity index (χ0) is 23.6. The van der Waals surface area contributed by atoms with Gasteiger partial charge in [-0.1, -0.05) is 17.7 Å². The van der Waals surface area contributed by atoms with Gasteiger partial charge in [0.15, 0.2) is 11.5 Å². The number of rotatable bonds is 7. The average molecular weight is 465 g/mol. The van der Waals surface area contributed by atoms with Crippen molar-refractivity contribution in [2.45, 2.75) is 12.5 Å². The lowest BCUT2D eigenvalue weighted by molar-refractivity contribution is -0.137. The zero-order valence-electron chi connectivity index (χ0n) is 17.0. The highest BCUT2D eigenvalue weighted by molar-refractivity contribution is 6.31. The average Bonchev–Trinajstić information content (AvgIpc) is 3.08. The summed E-state index contributed by atoms with van der Waals surface area (Å²) in [4.78, 5) is 25.9. The summed E-state index contributed by atoms with van der Waals surface area (Å²) in [6.07, 6.45) is -0.466. The largest absolute Gasteiger partial charge is 0.493 e. The third-order valence-electron chi connectivity index (χ3n) is 4.62. The Kier molecular flexibility index (Phi) is 6.64. The molecule has 1 heterocycles. The fraction of sp³-hybridized carbons (Fsp3) is 0.190. The third-order valence-corrected chi connectivity index (χ3v) is 4.95. The van der Waals surface area contributed by atoms with Gasteiger partial charge in [0.25, 0.3) is 5.91 Å². The first-order valence-corrected chi connectivity index (χ1v) is 9.68. The third kappa shape index (κ3) is 4.97. The minimum atomic E-state index is -1.18. The molecule has 0 radical (unpaired) electrons. The number of anilines is 1. The number of benzene rings is 2. The molecule has 3 aromatic rings. The Morgan fingerprint density at radius 2 is 1.91 bits per heavy atom. The van der Waals surface area contributed by atoms with Crippen LogP contribution >= 0.6 is 11.6 Å². The monoisotopic (exact) mass is 464 g/mol. The fourth-order valence-electron chi connectivity index (χ4n) is 3.03. The molecule has 3 rings (SSSR count). The second-order valence-electron chi connectivity index (χ2n) is 7.12. The maximum absolute atomic E-state index is 14.0. The molecule has 0 fully saturated rings. The van der Waals surface area contributed by atoms with Crippen molar-refractivity contribution in [3.8, 4) is 11.6 Å². The van der Waals surface area contributed by atoms with E-state index in [1.807, 2.05) is 19.0 Å². The lowest BCUT2D eigenvalue weighted by Crippen LogP contribution is -2.31. The molecule has 1 atom stereocenters. The smallest absolute Gasteiger partial charge is 0.305 e. The molecule has 1 amide bonds. The van der Waals surface area contributed by atoms with Crippen LogP contribution in [0, 0.1) is 11.6 Å². The van der Waals surface area contributed by atoms with E-state index in [-0.39, 0.29) is 16.4 Å². The number of amides is 1. The number of aliphatic carboxylic acids is 1. The van der Waals surface area contributed by atoms with E-state index in [9.17, 15) is 28.6 Å². The highest BCUT2D eigenvalue weighted by atomic mass is 35.5. The lowest BCUT2D eigenvalue weighted by Gasteiger charge is -2.20. The Labute approximate surface area is 186 Å². The summed E-state index contributed by atoms with van der Waals surface area (Å²) in [7, 11) is 3.63. The molecular formula is C21H19ClF2N4O4. The van der Waals surface area contributed by atoms with E-state index in [0.29, 0.717) is 11.6 Å². The summed E-state index contributed by atoms with van der Waals surface area (Å²) in [6, 6.07) is 7.58. The molecule has 8 nitrogen and oxygen atoms in total. The lowest BCUT2D eigenvalue weighted by atomic mass is 10.0. The Morgan fingerprint density at radius 1 is 1.19 bits per heavy atom. The van der Waals surface area contributed by atoms with Gasteiger partial charge in [-0.25, -0.2) is 8.78 Å². The summed E-state index contributed by atoms with van der Waals surface area (Å²) >= 11 is 6.32. The maximum atomic E-state index is 14.0. The van der Waals surface area contributed by atoms with Crippen molar-refractivity contribution in [2.24, 2.45) is 0 Å². The number of halogens is 3. The summed E-state index contributed by atoms with van der Waals surface area (Å²) in [5, 5.41) is 26.0. The minimum absolute atomic E-state index is 0.254. The van der Waals surface area contributed by atoms with E-state index in [1.165, 1.54) is 0 Å². The fourth-order valence-corrected chi connectivity index (χ4v) is 3.34. The SMILES string of the molecule is CN(C)c1ccc(C(CC(=O)O)NC(=O)c2cc(O)n(-c3ccc(F)cc3F)n2)c(Cl)c1. The van der Waals surface area contributed by atoms with Gasteiger partial charge in [0, 0.05) is 36.9 Å². The van der Waals surface area contributed by atoms with Gasteiger partial charge in [0.05, 0.1) is 12.5 Å². The number of hydrogen-bond acceptors (Lipinski definition) is 5. The zero-order valence-corrected chi connectivity index (χ0v) is 17.8. The van der Waals surface area contributed by atoms with Crippen LogP contribution < -0.4 is 10.2 Å². The molecule has 0 saturated carbocycles. The van der Waals surface area contributed by atoms with Crippen molar-refractivity contribution in [2.75, 3.05) is 19.0 Å². The van der Waals surface area contributed by atoms with E-state index in [1.54, 1.807) is 18.2 Å². The minimum Gasteiger partial charge on any atom is -0.493 e. The standard InChI is InChI=1S/C21H19ClF2N4O4/c1-27(2)12-4-5-13(14(22)8-12)16(10-20(30)31)25-21(32)17-9-19(29)28(26-17)18-6-3-11(23)7-15(18)24/h3-9,16,29H,10H2,1-2H3,(H,25,32)(H,30,31). The second kappa shape index (κ2) is 9.23. The molecule has 3 N–H and O–H groups in total. The van der Waals surface area contributed by atoms with E-state index in [0.717, 1.165) is 28.6 Å². The van der Waals surface area contributed by atoms with Crippen molar-refractivity contribution in [3.05, 3.63) is 70.4 Å². The van der Waals surface area contributed by atoms with Gasteiger partial charge in [-0.15, -0.1) is 0 Å². The summed E-state index contributed by atoms with van der Waals surface area (Å²) in [5.41, 5.74) is 0.584. The predicted octanol–water partition coefficient (Wildman–Crippen LogP) is 3.52. The van der Waals surface area contributed by atoms with Gasteiger partial charge in [-0.3, -0.25) is 9.59 Å². The highest BCUT2D eigenvalue weighted by Gasteiger charge is 2.24. The summed E-state index contributed by atoms with van der Waals surface area (Å²) < 4.78 is 27.9. The molecule has 0 aliphatic heterocycles. The Morgan fingerprint density at radius 3 is 2.50 bits per heavy atom. The molecule has 2 aromatic carbocycles. The van der Waals surface area contributed by atoms with E-state index < -0.39 is 41.9 Å². The van der Waals surface area contributed by atoms with Crippen LogP contribution in [-0.4, -0.2) is 46.0 Å². The molecule has 1 unspecified atom stereocenters. The molecule has 0 bridgehead atoms. The molecule has 0 saturated heterocycles. The number of hydrogen-bond donors (Lipinski definition) is 3. The normalized spacial score (nSPS) is 11.8. The second-order valence-corrected chi connectivity index (χ2v) is 7.53. The molecule has 0 spiro atoms. The van der Waals surface area contributed by atoms with Crippen molar-refractivity contribution in [1.82, 2.24) is 15.1 Å².